The van der Waals surface area contributed by atoms with E-state index < -0.39 is 30.0 Å². The number of ketones is 1. The van der Waals surface area contributed by atoms with E-state index in [4.69, 9.17) is 39.9 Å². The van der Waals surface area contributed by atoms with Crippen molar-refractivity contribution in [3.05, 3.63) is 176 Å². The standard InChI is InChI=1S/C14H18O4.C11H13F3.C11H16.C10H12Cl2.C10H13Cl.5C2H6/c1-4-9(2)10-5-11(13(16)8-15)7-12(6-10)14(17)18-3;1-3-10(2,11(12,13)14)9-7-5-4-6-8-9;1-4-11(2,3)10-8-6-5-7-9-10;1-3-7(2)8-4-5-9(11)10(12)6-8;1-3-10(2,11)9-7-5-4-6-8-9;5*1-2/h5-7,9,15H,4,8H2,1-3H3;4-8H,3H2,1-2H3;5-9H,4H2,1-3H3;4-7H,3H2,1-2H3;4-8H,3H2,1-2H3;5*1-2H3. The van der Waals surface area contributed by atoms with Crippen molar-refractivity contribution in [1.29, 1.82) is 0 Å². The van der Waals surface area contributed by atoms with Gasteiger partial charge in [-0.1, -0.05) is 252 Å². The zero-order valence-electron chi connectivity index (χ0n) is 51.0. The number of esters is 1. The molecule has 10 heteroatoms. The molecule has 0 aliphatic rings. The lowest BCUT2D eigenvalue weighted by molar-refractivity contribution is -0.186. The molecule has 432 valence electrons. The highest BCUT2D eigenvalue weighted by Crippen LogP contribution is 2.43. The summed E-state index contributed by atoms with van der Waals surface area (Å²) >= 11 is 17.9. The van der Waals surface area contributed by atoms with E-state index in [9.17, 15) is 22.8 Å². The third-order valence-corrected chi connectivity index (χ3v) is 13.6. The minimum atomic E-state index is -4.19. The maximum atomic E-state index is 12.8. The summed E-state index contributed by atoms with van der Waals surface area (Å²) in [6, 6.07) is 39.6. The van der Waals surface area contributed by atoms with E-state index >= 15 is 0 Å². The molecule has 5 aromatic rings. The lowest BCUT2D eigenvalue weighted by atomic mass is 9.79. The fourth-order valence-corrected chi connectivity index (χ4v) is 6.60. The molecule has 1 N–H and O–H groups in total. The van der Waals surface area contributed by atoms with Gasteiger partial charge in [-0.2, -0.15) is 13.2 Å². The third kappa shape index (κ3) is 30.1. The number of ether oxygens (including phenoxy) is 1. The number of halogens is 6. The molecule has 0 spiro atoms. The molecule has 0 fully saturated rings. The maximum Gasteiger partial charge on any atom is 0.398 e. The van der Waals surface area contributed by atoms with E-state index in [-0.39, 0.29) is 17.2 Å². The zero-order valence-corrected chi connectivity index (χ0v) is 53.2. The van der Waals surface area contributed by atoms with Gasteiger partial charge >= 0.3 is 12.1 Å². The van der Waals surface area contributed by atoms with Gasteiger partial charge in [0.1, 0.15) is 6.61 Å². The van der Waals surface area contributed by atoms with Crippen molar-refractivity contribution in [3.8, 4) is 0 Å². The Labute approximate surface area is 477 Å². The van der Waals surface area contributed by atoms with Gasteiger partial charge in [0.25, 0.3) is 0 Å². The van der Waals surface area contributed by atoms with Crippen LogP contribution >= 0.6 is 34.8 Å². The van der Waals surface area contributed by atoms with Crippen LogP contribution in [0, 0.1) is 0 Å². The van der Waals surface area contributed by atoms with Gasteiger partial charge in [0.05, 0.1) is 33.0 Å². The van der Waals surface area contributed by atoms with Crippen LogP contribution in [0.5, 0.6) is 0 Å². The number of hydrogen-bond acceptors (Lipinski definition) is 4. The first-order valence-electron chi connectivity index (χ1n) is 27.7. The van der Waals surface area contributed by atoms with Crippen molar-refractivity contribution in [3.63, 3.8) is 0 Å². The predicted molar refractivity (Wildman–Crippen MR) is 330 cm³/mol. The van der Waals surface area contributed by atoms with Crippen LogP contribution in [-0.2, 0) is 20.4 Å². The third-order valence-electron chi connectivity index (χ3n) is 12.4. The first-order valence-corrected chi connectivity index (χ1v) is 28.8. The lowest BCUT2D eigenvalue weighted by Gasteiger charge is -2.31. The van der Waals surface area contributed by atoms with Crippen molar-refractivity contribution in [2.24, 2.45) is 0 Å². The molecule has 0 aromatic heterocycles. The second-order valence-electron chi connectivity index (χ2n) is 17.3. The Bertz CT molecular complexity index is 2080. The van der Waals surface area contributed by atoms with Gasteiger partial charge in [-0.25, -0.2) is 4.79 Å². The Balaban J connectivity index is -0.000000267. The maximum absolute atomic E-state index is 12.8. The van der Waals surface area contributed by atoms with E-state index in [1.807, 2.05) is 126 Å². The van der Waals surface area contributed by atoms with Gasteiger partial charge in [0.15, 0.2) is 5.78 Å². The van der Waals surface area contributed by atoms with Crippen molar-refractivity contribution in [2.75, 3.05) is 13.7 Å². The molecule has 0 aliphatic heterocycles. The lowest BCUT2D eigenvalue weighted by Crippen LogP contribution is -2.38. The molecule has 76 heavy (non-hydrogen) atoms. The van der Waals surface area contributed by atoms with Crippen LogP contribution in [0.3, 0.4) is 0 Å². The van der Waals surface area contributed by atoms with Crippen LogP contribution in [0.1, 0.15) is 238 Å². The van der Waals surface area contributed by atoms with Crippen molar-refractivity contribution < 1.29 is 32.6 Å². The highest BCUT2D eigenvalue weighted by molar-refractivity contribution is 6.42. The molecule has 0 saturated heterocycles. The summed E-state index contributed by atoms with van der Waals surface area (Å²) in [6.45, 7) is 41.5. The highest BCUT2D eigenvalue weighted by Gasteiger charge is 2.50. The van der Waals surface area contributed by atoms with Crippen LogP contribution in [0.2, 0.25) is 10.0 Å². The summed E-state index contributed by atoms with van der Waals surface area (Å²) in [7, 11) is 1.30. The Morgan fingerprint density at radius 1 is 0.526 bits per heavy atom. The van der Waals surface area contributed by atoms with Crippen LogP contribution in [0.4, 0.5) is 13.2 Å². The number of benzene rings is 5. The van der Waals surface area contributed by atoms with E-state index in [2.05, 4.69) is 88.7 Å². The molecule has 4 atom stereocenters. The molecule has 0 amide bonds. The van der Waals surface area contributed by atoms with E-state index in [1.54, 1.807) is 37.3 Å². The Kier molecular flexibility index (Phi) is 48.7. The predicted octanol–water partition coefficient (Wildman–Crippen LogP) is 22.6. The smallest absolute Gasteiger partial charge is 0.398 e. The number of rotatable bonds is 13. The number of hydrogen-bond donors (Lipinski definition) is 1. The summed E-state index contributed by atoms with van der Waals surface area (Å²) in [6.07, 6.45) is 0.0363. The average Bonchev–Trinajstić information content (AvgIpc) is 3.48. The molecule has 0 radical (unpaired) electrons. The van der Waals surface area contributed by atoms with Crippen molar-refractivity contribution >= 4 is 46.6 Å². The molecular formula is C66H102Cl3F3O4. The molecule has 4 nitrogen and oxygen atoms in total. The molecule has 0 saturated carbocycles. The topological polar surface area (TPSA) is 63.6 Å². The molecule has 5 aromatic carbocycles. The number of Topliss-reactive ketones (excluding diaryl/α,β-unsaturated/α-hetero) is 1. The second kappa shape index (κ2) is 45.8. The molecular weight excluding hydrogens is 1020 g/mol. The van der Waals surface area contributed by atoms with Gasteiger partial charge in [-0.3, -0.25) is 4.79 Å². The van der Waals surface area contributed by atoms with Crippen LogP contribution in [-0.4, -0.2) is 36.8 Å². The monoisotopic (exact) mass is 1120 g/mol. The minimum Gasteiger partial charge on any atom is -0.465 e. The SMILES string of the molecule is CC.CC.CC.CC.CC.CCC(C)(C)c1ccccc1.CCC(C)(Cl)c1ccccc1.CCC(C)(c1ccccc1)C(F)(F)F.CCC(C)c1cc(C(=O)CO)cc(C(=O)OC)c1.CCC(C)c1ccc(Cl)c(Cl)c1. The summed E-state index contributed by atoms with van der Waals surface area (Å²) in [4.78, 5) is 22.9. The van der Waals surface area contributed by atoms with E-state index in [0.717, 1.165) is 24.8 Å². The average molecular weight is 1120 g/mol. The molecule has 0 bridgehead atoms. The summed E-state index contributed by atoms with van der Waals surface area (Å²) in [5.41, 5.74) is 4.41. The van der Waals surface area contributed by atoms with Gasteiger partial charge in [-0.15, -0.1) is 11.6 Å². The summed E-state index contributed by atoms with van der Waals surface area (Å²) in [5.74, 6) is -0.0861. The number of aliphatic hydroxyl groups is 1. The van der Waals surface area contributed by atoms with E-state index in [1.165, 1.54) is 55.3 Å². The highest BCUT2D eigenvalue weighted by atomic mass is 35.5. The zero-order chi connectivity index (χ0) is 60.3. The molecule has 0 heterocycles. The fraction of sp³-hybridized carbons (Fsp3) is 0.515. The largest absolute Gasteiger partial charge is 0.465 e. The van der Waals surface area contributed by atoms with E-state index in [0.29, 0.717) is 38.1 Å². The number of carbonyl (C=O) groups is 2. The first-order chi connectivity index (χ1) is 35.9. The Morgan fingerprint density at radius 2 is 0.921 bits per heavy atom. The van der Waals surface area contributed by atoms with Gasteiger partial charge in [0.2, 0.25) is 0 Å². The molecule has 4 unspecified atom stereocenters. The number of alkyl halides is 4. The van der Waals surface area contributed by atoms with Crippen LogP contribution in [0.25, 0.3) is 0 Å². The van der Waals surface area contributed by atoms with Crippen LogP contribution < -0.4 is 0 Å². The normalized spacial score (nSPS) is 12.3. The van der Waals surface area contributed by atoms with Crippen molar-refractivity contribution in [1.82, 2.24) is 0 Å². The number of carbonyl (C=O) groups excluding carboxylic acids is 2. The van der Waals surface area contributed by atoms with Gasteiger partial charge in [-0.05, 0) is 121 Å². The second-order valence-corrected chi connectivity index (χ2v) is 18.9. The van der Waals surface area contributed by atoms with Gasteiger partial charge in [0, 0.05) is 5.56 Å². The quantitative estimate of drug-likeness (QED) is 0.0725. The van der Waals surface area contributed by atoms with Gasteiger partial charge < -0.3 is 9.84 Å². The Hall–Kier alpha value is -4.14. The molecule has 0 aliphatic carbocycles. The minimum absolute atomic E-state index is 0.0561. The number of methoxy groups -OCH3 is 1. The summed E-state index contributed by atoms with van der Waals surface area (Å²) in [5, 5.41) is 10.2. The Morgan fingerprint density at radius 3 is 1.26 bits per heavy atom. The first kappa shape index (κ1) is 80.7. The number of aliphatic hydroxyl groups excluding tert-OH is 1. The van der Waals surface area contributed by atoms with Crippen LogP contribution in [0.15, 0.2) is 127 Å². The molecule has 5 rings (SSSR count). The fourth-order valence-electron chi connectivity index (χ4n) is 6.17. The summed E-state index contributed by atoms with van der Waals surface area (Å²) < 4.78 is 43.0. The van der Waals surface area contributed by atoms with Crippen molar-refractivity contribution in [2.45, 2.75) is 211 Å².